The number of carbonyl (C=O) groups excluding carboxylic acids is 1. The van der Waals surface area contributed by atoms with Crippen molar-refractivity contribution in [1.82, 2.24) is 0 Å². The van der Waals surface area contributed by atoms with Crippen molar-refractivity contribution in [3.05, 3.63) is 59.7 Å². The largest absolute Gasteiger partial charge is 0.508 e. The quantitative estimate of drug-likeness (QED) is 0.781. The highest BCUT2D eigenvalue weighted by Gasteiger charge is 2.06. The summed E-state index contributed by atoms with van der Waals surface area (Å²) >= 11 is 0. The Morgan fingerprint density at radius 2 is 1.95 bits per heavy atom. The van der Waals surface area contributed by atoms with E-state index in [-0.39, 0.29) is 11.7 Å². The van der Waals surface area contributed by atoms with Gasteiger partial charge < -0.3 is 16.2 Å². The van der Waals surface area contributed by atoms with Gasteiger partial charge in [-0.3, -0.25) is 4.79 Å². The minimum atomic E-state index is -0.239. The number of rotatable bonds is 5. The zero-order valence-electron chi connectivity index (χ0n) is 11.2. The molecule has 0 aliphatic rings. The van der Waals surface area contributed by atoms with Gasteiger partial charge in [-0.05, 0) is 55.3 Å². The molecule has 0 aliphatic carbocycles. The molecule has 0 aliphatic heterocycles. The van der Waals surface area contributed by atoms with Gasteiger partial charge in [-0.1, -0.05) is 18.2 Å². The molecule has 0 unspecified atom stereocenters. The summed E-state index contributed by atoms with van der Waals surface area (Å²) in [7, 11) is 0. The van der Waals surface area contributed by atoms with E-state index in [1.165, 1.54) is 12.1 Å². The number of benzene rings is 2. The molecule has 2 rings (SSSR count). The zero-order valence-corrected chi connectivity index (χ0v) is 11.2. The minimum Gasteiger partial charge on any atom is -0.508 e. The van der Waals surface area contributed by atoms with E-state index in [4.69, 9.17) is 5.73 Å². The number of amides is 1. The number of aryl methyl sites for hydroxylation is 1. The van der Waals surface area contributed by atoms with Gasteiger partial charge in [0.25, 0.3) is 5.91 Å². The van der Waals surface area contributed by atoms with Crippen molar-refractivity contribution in [3.8, 4) is 5.75 Å². The van der Waals surface area contributed by atoms with Crippen LogP contribution in [0.15, 0.2) is 48.5 Å². The van der Waals surface area contributed by atoms with Crippen molar-refractivity contribution in [2.45, 2.75) is 12.8 Å². The summed E-state index contributed by atoms with van der Waals surface area (Å²) in [6.45, 7) is 0.653. The van der Waals surface area contributed by atoms with Crippen molar-refractivity contribution in [2.75, 3.05) is 11.9 Å². The molecular weight excluding hydrogens is 252 g/mol. The van der Waals surface area contributed by atoms with E-state index in [1.54, 1.807) is 12.1 Å². The van der Waals surface area contributed by atoms with Crippen molar-refractivity contribution in [3.63, 3.8) is 0 Å². The first-order chi connectivity index (χ1) is 9.69. The maximum atomic E-state index is 12.0. The molecule has 0 fully saturated rings. The van der Waals surface area contributed by atoms with Gasteiger partial charge in [0.2, 0.25) is 0 Å². The predicted molar refractivity (Wildman–Crippen MR) is 79.9 cm³/mol. The first-order valence-corrected chi connectivity index (χ1v) is 6.58. The van der Waals surface area contributed by atoms with Gasteiger partial charge in [0.05, 0.1) is 0 Å². The molecule has 2 aromatic carbocycles. The lowest BCUT2D eigenvalue weighted by Crippen LogP contribution is -2.11. The summed E-state index contributed by atoms with van der Waals surface area (Å²) < 4.78 is 0. The van der Waals surface area contributed by atoms with Crippen molar-refractivity contribution in [2.24, 2.45) is 5.73 Å². The summed E-state index contributed by atoms with van der Waals surface area (Å²) in [4.78, 5) is 12.0. The molecule has 2 aromatic rings. The normalized spacial score (nSPS) is 10.2. The number of nitrogens with two attached hydrogens (primary N) is 1. The molecule has 0 spiro atoms. The molecule has 4 N–H and O–H groups in total. The highest BCUT2D eigenvalue weighted by molar-refractivity contribution is 6.04. The molecule has 0 saturated heterocycles. The molecule has 4 heteroatoms. The van der Waals surface area contributed by atoms with Crippen LogP contribution in [0, 0.1) is 0 Å². The average molecular weight is 270 g/mol. The highest BCUT2D eigenvalue weighted by Crippen LogP contribution is 2.15. The Morgan fingerprint density at radius 3 is 2.70 bits per heavy atom. The van der Waals surface area contributed by atoms with Crippen LogP contribution < -0.4 is 11.1 Å². The van der Waals surface area contributed by atoms with Crippen molar-refractivity contribution in [1.29, 1.82) is 0 Å². The Balaban J connectivity index is 2.07. The fourth-order valence-electron chi connectivity index (χ4n) is 1.96. The first-order valence-electron chi connectivity index (χ1n) is 6.58. The SMILES string of the molecule is NCCCc1cccc(NC(=O)c2cccc(O)c2)c1. The zero-order chi connectivity index (χ0) is 14.4. The van der Waals surface area contributed by atoms with Gasteiger partial charge in [0.1, 0.15) is 5.75 Å². The Labute approximate surface area is 118 Å². The second-order valence-corrected chi connectivity index (χ2v) is 4.60. The van der Waals surface area contributed by atoms with Crippen LogP contribution in [-0.2, 0) is 6.42 Å². The second-order valence-electron chi connectivity index (χ2n) is 4.60. The van der Waals surface area contributed by atoms with Crippen LogP contribution in [0.4, 0.5) is 5.69 Å². The fraction of sp³-hybridized carbons (Fsp3) is 0.188. The summed E-state index contributed by atoms with van der Waals surface area (Å²) in [6.07, 6.45) is 1.82. The van der Waals surface area contributed by atoms with Gasteiger partial charge in [0.15, 0.2) is 0 Å². The molecule has 0 aromatic heterocycles. The van der Waals surface area contributed by atoms with Gasteiger partial charge in [-0.2, -0.15) is 0 Å². The molecule has 0 heterocycles. The predicted octanol–water partition coefficient (Wildman–Crippen LogP) is 2.54. The van der Waals surface area contributed by atoms with Gasteiger partial charge in [0, 0.05) is 11.3 Å². The lowest BCUT2D eigenvalue weighted by Gasteiger charge is -2.07. The Hall–Kier alpha value is -2.33. The van der Waals surface area contributed by atoms with E-state index in [9.17, 15) is 9.90 Å². The van der Waals surface area contributed by atoms with Crippen molar-refractivity contribution >= 4 is 11.6 Å². The monoisotopic (exact) mass is 270 g/mol. The number of hydrogen-bond acceptors (Lipinski definition) is 3. The summed E-state index contributed by atoms with van der Waals surface area (Å²) in [5.41, 5.74) is 7.81. The van der Waals surface area contributed by atoms with Crippen LogP contribution in [0.2, 0.25) is 0 Å². The molecular formula is C16H18N2O2. The molecule has 0 atom stereocenters. The van der Waals surface area contributed by atoms with Gasteiger partial charge in [-0.15, -0.1) is 0 Å². The third-order valence-corrected chi connectivity index (χ3v) is 2.96. The minimum absolute atomic E-state index is 0.0781. The molecule has 20 heavy (non-hydrogen) atoms. The third-order valence-electron chi connectivity index (χ3n) is 2.96. The van der Waals surface area contributed by atoms with E-state index in [0.29, 0.717) is 12.1 Å². The summed E-state index contributed by atoms with van der Waals surface area (Å²) in [6, 6.07) is 14.0. The highest BCUT2D eigenvalue weighted by atomic mass is 16.3. The molecule has 0 radical (unpaired) electrons. The van der Waals surface area contributed by atoms with E-state index < -0.39 is 0 Å². The van der Waals surface area contributed by atoms with Crippen LogP contribution in [0.3, 0.4) is 0 Å². The number of aromatic hydroxyl groups is 1. The summed E-state index contributed by atoms with van der Waals surface area (Å²) in [5.74, 6) is -0.161. The maximum Gasteiger partial charge on any atom is 0.255 e. The van der Waals surface area contributed by atoms with E-state index in [1.807, 2.05) is 24.3 Å². The van der Waals surface area contributed by atoms with E-state index in [0.717, 1.165) is 24.1 Å². The average Bonchev–Trinajstić information content (AvgIpc) is 2.45. The summed E-state index contributed by atoms with van der Waals surface area (Å²) in [5, 5.41) is 12.2. The lowest BCUT2D eigenvalue weighted by molar-refractivity contribution is 0.102. The molecule has 4 nitrogen and oxygen atoms in total. The lowest BCUT2D eigenvalue weighted by atomic mass is 10.1. The molecule has 0 saturated carbocycles. The van der Waals surface area contributed by atoms with Crippen LogP contribution in [0.1, 0.15) is 22.3 Å². The van der Waals surface area contributed by atoms with Crippen LogP contribution in [0.5, 0.6) is 5.75 Å². The molecule has 1 amide bonds. The number of phenols is 1. The number of anilines is 1. The van der Waals surface area contributed by atoms with Gasteiger partial charge >= 0.3 is 0 Å². The Bertz CT molecular complexity index is 597. The van der Waals surface area contributed by atoms with Crippen molar-refractivity contribution < 1.29 is 9.90 Å². The topological polar surface area (TPSA) is 75.3 Å². The third kappa shape index (κ3) is 3.83. The van der Waals surface area contributed by atoms with Crippen LogP contribution >= 0.6 is 0 Å². The smallest absolute Gasteiger partial charge is 0.255 e. The van der Waals surface area contributed by atoms with Crippen LogP contribution in [-0.4, -0.2) is 17.6 Å². The standard InChI is InChI=1S/C16H18N2O2/c17-9-3-5-12-4-1-7-14(10-12)18-16(20)13-6-2-8-15(19)11-13/h1-2,4,6-8,10-11,19H,3,5,9,17H2,(H,18,20). The van der Waals surface area contributed by atoms with Gasteiger partial charge in [-0.25, -0.2) is 0 Å². The first kappa shape index (κ1) is 14.1. The fourth-order valence-corrected chi connectivity index (χ4v) is 1.96. The Kier molecular flexibility index (Phi) is 4.74. The Morgan fingerprint density at radius 1 is 1.15 bits per heavy atom. The number of hydrogen-bond donors (Lipinski definition) is 3. The second kappa shape index (κ2) is 6.73. The van der Waals surface area contributed by atoms with E-state index in [2.05, 4.69) is 5.32 Å². The van der Waals surface area contributed by atoms with Crippen LogP contribution in [0.25, 0.3) is 0 Å². The number of phenolic OH excluding ortho intramolecular Hbond substituents is 1. The molecule has 104 valence electrons. The molecule has 0 bridgehead atoms. The number of nitrogens with one attached hydrogen (secondary N) is 1. The maximum absolute atomic E-state index is 12.0. The number of carbonyl (C=O) groups is 1. The van der Waals surface area contributed by atoms with E-state index >= 15 is 0 Å².